The lowest BCUT2D eigenvalue weighted by Gasteiger charge is -1.94. The van der Waals surface area contributed by atoms with Gasteiger partial charge in [-0.2, -0.15) is 0 Å². The Labute approximate surface area is 59.1 Å². The molecular weight excluding hydrogens is 138 g/mol. The number of allylic oxidation sites excluding steroid dienone is 2. The van der Waals surface area contributed by atoms with Crippen LogP contribution in [-0.4, -0.2) is 0 Å². The Bertz CT molecular complexity index is 152. The fraction of sp³-hybridized carbons (Fsp3) is 0.200. The van der Waals surface area contributed by atoms with E-state index < -0.39 is 0 Å². The van der Waals surface area contributed by atoms with Crippen LogP contribution in [0.2, 0.25) is 0 Å². The van der Waals surface area contributed by atoms with Gasteiger partial charge in [-0.1, -0.05) is 11.6 Å². The maximum absolute atomic E-state index is 5.30. The summed E-state index contributed by atoms with van der Waals surface area (Å²) in [5.41, 5.74) is 16.5. The van der Waals surface area contributed by atoms with Crippen molar-refractivity contribution in [3.8, 4) is 0 Å². The Hall–Kier alpha value is -0.830. The highest BCUT2D eigenvalue weighted by molar-refractivity contribution is 6.29. The molecule has 0 aromatic heterocycles. The van der Waals surface area contributed by atoms with Crippen LogP contribution in [0.4, 0.5) is 0 Å². The summed E-state index contributed by atoms with van der Waals surface area (Å²) in [4.78, 5) is 0. The van der Waals surface area contributed by atoms with E-state index in [4.69, 9.17) is 28.8 Å². The van der Waals surface area contributed by atoms with Crippen molar-refractivity contribution < 1.29 is 0 Å². The number of hydrogen-bond acceptors (Lipinski definition) is 3. The van der Waals surface area contributed by atoms with E-state index in [1.807, 2.05) is 0 Å². The number of hydrogen-bond donors (Lipinski definition) is 3. The summed E-state index contributed by atoms with van der Waals surface area (Å²) in [5.74, 6) is 0. The maximum Gasteiger partial charge on any atom is 0.122 e. The smallest absolute Gasteiger partial charge is 0.122 e. The third kappa shape index (κ3) is 3.73. The molecule has 0 aromatic rings. The van der Waals surface area contributed by atoms with Crippen LogP contribution in [-0.2, 0) is 0 Å². The van der Waals surface area contributed by atoms with Crippen LogP contribution in [0.3, 0.4) is 0 Å². The molecule has 0 saturated heterocycles. The van der Waals surface area contributed by atoms with Crippen molar-refractivity contribution in [2.45, 2.75) is 6.92 Å². The first kappa shape index (κ1) is 8.17. The molecule has 4 heteroatoms. The number of rotatable bonds is 1. The Morgan fingerprint density at radius 2 is 1.78 bits per heavy atom. The molecule has 0 unspecified atom stereocenters. The molecular formula is C5H10ClN3. The lowest BCUT2D eigenvalue weighted by molar-refractivity contribution is 1.25. The summed E-state index contributed by atoms with van der Waals surface area (Å²) in [6, 6.07) is 0. The second-order valence-corrected chi connectivity index (χ2v) is 2.10. The van der Waals surface area contributed by atoms with E-state index in [9.17, 15) is 0 Å². The first-order chi connectivity index (χ1) is 4.04. The summed E-state index contributed by atoms with van der Waals surface area (Å²) in [5, 5.41) is 0.0693. The molecule has 52 valence electrons. The first-order valence-corrected chi connectivity index (χ1v) is 2.76. The van der Waals surface area contributed by atoms with E-state index in [1.165, 1.54) is 6.08 Å². The lowest BCUT2D eigenvalue weighted by atomic mass is 10.4. The molecule has 0 heterocycles. The zero-order valence-electron chi connectivity index (χ0n) is 5.19. The molecule has 0 fully saturated rings. The maximum atomic E-state index is 5.30. The fourth-order valence-electron chi connectivity index (χ4n) is 0.314. The van der Waals surface area contributed by atoms with Gasteiger partial charge in [-0.15, -0.1) is 0 Å². The Morgan fingerprint density at radius 1 is 1.33 bits per heavy atom. The molecule has 0 rings (SSSR count). The summed E-state index contributed by atoms with van der Waals surface area (Å²) < 4.78 is 0. The van der Waals surface area contributed by atoms with Crippen LogP contribution in [0.25, 0.3) is 0 Å². The molecule has 0 aliphatic carbocycles. The molecule has 0 radical (unpaired) electrons. The van der Waals surface area contributed by atoms with E-state index in [-0.39, 0.29) is 5.16 Å². The summed E-state index contributed by atoms with van der Waals surface area (Å²) in [6.45, 7) is 1.70. The minimum Gasteiger partial charge on any atom is -0.402 e. The number of nitrogens with two attached hydrogens (primary N) is 3. The topological polar surface area (TPSA) is 78.1 Å². The van der Waals surface area contributed by atoms with Gasteiger partial charge >= 0.3 is 0 Å². The zero-order valence-corrected chi connectivity index (χ0v) is 5.94. The monoisotopic (exact) mass is 147 g/mol. The molecule has 0 bridgehead atoms. The molecule has 0 spiro atoms. The van der Waals surface area contributed by atoms with E-state index in [0.29, 0.717) is 11.4 Å². The van der Waals surface area contributed by atoms with Gasteiger partial charge in [0.15, 0.2) is 0 Å². The van der Waals surface area contributed by atoms with Gasteiger partial charge in [-0.25, -0.2) is 0 Å². The van der Waals surface area contributed by atoms with Crippen molar-refractivity contribution in [3.63, 3.8) is 0 Å². The van der Waals surface area contributed by atoms with Crippen molar-refractivity contribution >= 4 is 11.6 Å². The van der Waals surface area contributed by atoms with Gasteiger partial charge in [0.05, 0.1) is 5.70 Å². The van der Waals surface area contributed by atoms with Crippen molar-refractivity contribution in [2.75, 3.05) is 0 Å². The minimum atomic E-state index is 0.0693. The van der Waals surface area contributed by atoms with Crippen molar-refractivity contribution in [1.29, 1.82) is 0 Å². The van der Waals surface area contributed by atoms with Crippen molar-refractivity contribution in [2.24, 2.45) is 17.2 Å². The van der Waals surface area contributed by atoms with Crippen molar-refractivity contribution in [3.05, 3.63) is 22.6 Å². The molecule has 6 N–H and O–H groups in total. The second kappa shape index (κ2) is 3.25. The van der Waals surface area contributed by atoms with E-state index in [1.54, 1.807) is 6.92 Å². The highest BCUT2D eigenvalue weighted by Crippen LogP contribution is 1.98. The Kier molecular flexibility index (Phi) is 2.95. The van der Waals surface area contributed by atoms with Crippen LogP contribution < -0.4 is 17.2 Å². The quantitative estimate of drug-likeness (QED) is 0.366. The SMILES string of the molecule is C/C(N)=C/C(N)=C(\N)Cl. The molecule has 0 amide bonds. The van der Waals surface area contributed by atoms with Gasteiger partial charge in [0, 0.05) is 5.70 Å². The van der Waals surface area contributed by atoms with Gasteiger partial charge in [0.25, 0.3) is 0 Å². The van der Waals surface area contributed by atoms with Gasteiger partial charge in [0.1, 0.15) is 5.16 Å². The van der Waals surface area contributed by atoms with Crippen LogP contribution in [0.5, 0.6) is 0 Å². The third-order valence-corrected chi connectivity index (χ3v) is 0.877. The summed E-state index contributed by atoms with van der Waals surface area (Å²) in [7, 11) is 0. The summed E-state index contributed by atoms with van der Waals surface area (Å²) >= 11 is 5.30. The molecule has 0 atom stereocenters. The highest BCUT2D eigenvalue weighted by atomic mass is 35.5. The third-order valence-electron chi connectivity index (χ3n) is 0.659. The molecule has 0 aliphatic heterocycles. The zero-order chi connectivity index (χ0) is 7.44. The lowest BCUT2D eigenvalue weighted by Crippen LogP contribution is -2.04. The van der Waals surface area contributed by atoms with Crippen LogP contribution in [0.1, 0.15) is 6.92 Å². The molecule has 9 heavy (non-hydrogen) atoms. The summed E-state index contributed by atoms with van der Waals surface area (Å²) in [6.07, 6.45) is 1.50. The highest BCUT2D eigenvalue weighted by Gasteiger charge is 1.88. The van der Waals surface area contributed by atoms with Crippen LogP contribution >= 0.6 is 11.6 Å². The van der Waals surface area contributed by atoms with E-state index >= 15 is 0 Å². The van der Waals surface area contributed by atoms with Gasteiger partial charge in [-0.05, 0) is 13.0 Å². The molecule has 0 aliphatic rings. The average Bonchev–Trinajstić information content (AvgIpc) is 1.63. The van der Waals surface area contributed by atoms with Gasteiger partial charge in [-0.3, -0.25) is 0 Å². The van der Waals surface area contributed by atoms with E-state index in [0.717, 1.165) is 0 Å². The van der Waals surface area contributed by atoms with E-state index in [2.05, 4.69) is 0 Å². The second-order valence-electron chi connectivity index (χ2n) is 1.69. The predicted molar refractivity (Wildman–Crippen MR) is 39.2 cm³/mol. The Balaban J connectivity index is 4.25. The minimum absolute atomic E-state index is 0.0693. The fourth-order valence-corrected chi connectivity index (χ4v) is 0.369. The molecule has 0 aromatic carbocycles. The molecule has 0 saturated carbocycles. The average molecular weight is 148 g/mol. The standard InChI is InChI=1S/C5H10ClN3/c1-3(7)2-4(8)5(6)9/h2H,7-9H2,1H3/b3-2-,5-4+. The predicted octanol–water partition coefficient (Wildman–Crippen LogP) is 0.174. The van der Waals surface area contributed by atoms with Crippen LogP contribution in [0, 0.1) is 0 Å². The molecule has 3 nitrogen and oxygen atoms in total. The van der Waals surface area contributed by atoms with Crippen molar-refractivity contribution in [1.82, 2.24) is 0 Å². The normalized spacial score (nSPS) is 15.1. The number of halogens is 1. The Morgan fingerprint density at radius 3 is 1.89 bits per heavy atom. The largest absolute Gasteiger partial charge is 0.402 e. The first-order valence-electron chi connectivity index (χ1n) is 2.38. The van der Waals surface area contributed by atoms with Gasteiger partial charge < -0.3 is 17.2 Å². The van der Waals surface area contributed by atoms with Crippen LogP contribution in [0.15, 0.2) is 22.6 Å². The van der Waals surface area contributed by atoms with Gasteiger partial charge in [0.2, 0.25) is 0 Å².